The normalized spacial score (nSPS) is 10.7. The van der Waals surface area contributed by atoms with Gasteiger partial charge in [0.25, 0.3) is 6.43 Å². The van der Waals surface area contributed by atoms with Crippen LogP contribution in [0.4, 0.5) is 14.6 Å². The molecule has 0 fully saturated rings. The van der Waals surface area contributed by atoms with Gasteiger partial charge in [-0.2, -0.15) is 0 Å². The molecule has 0 saturated carbocycles. The van der Waals surface area contributed by atoms with Crippen LogP contribution >= 0.6 is 11.6 Å². The Labute approximate surface area is 91.8 Å². The Balaban J connectivity index is 2.74. The average molecular weight is 236 g/mol. The lowest BCUT2D eigenvalue weighted by molar-refractivity contribution is 0.155. The second-order valence-corrected chi connectivity index (χ2v) is 3.40. The van der Waals surface area contributed by atoms with E-state index in [1.54, 1.807) is 12.1 Å². The summed E-state index contributed by atoms with van der Waals surface area (Å²) in [5.41, 5.74) is 5.33. The number of rotatable bonds is 5. The molecule has 1 aromatic heterocycles. The summed E-state index contributed by atoms with van der Waals surface area (Å²) in [6, 6.07) is 3.21. The van der Waals surface area contributed by atoms with Crippen molar-refractivity contribution in [2.45, 2.75) is 6.43 Å². The Kier molecular flexibility index (Phi) is 4.71. The predicted octanol–water partition coefficient (Wildman–Crippen LogP) is 1.77. The monoisotopic (exact) mass is 235 g/mol. The molecule has 1 aromatic rings. The van der Waals surface area contributed by atoms with E-state index in [0.29, 0.717) is 23.9 Å². The van der Waals surface area contributed by atoms with Crippen LogP contribution in [0, 0.1) is 0 Å². The van der Waals surface area contributed by atoms with Crippen molar-refractivity contribution in [3.63, 3.8) is 0 Å². The molecular formula is C9H12ClF2N3. The van der Waals surface area contributed by atoms with Crippen molar-refractivity contribution in [2.75, 3.05) is 24.5 Å². The van der Waals surface area contributed by atoms with E-state index in [-0.39, 0.29) is 6.54 Å². The topological polar surface area (TPSA) is 42.1 Å². The fourth-order valence-corrected chi connectivity index (χ4v) is 1.29. The zero-order chi connectivity index (χ0) is 11.3. The highest BCUT2D eigenvalue weighted by molar-refractivity contribution is 6.30. The van der Waals surface area contributed by atoms with Crippen molar-refractivity contribution < 1.29 is 8.78 Å². The van der Waals surface area contributed by atoms with Gasteiger partial charge in [-0.3, -0.25) is 0 Å². The molecule has 0 spiro atoms. The molecule has 0 aliphatic heterocycles. The summed E-state index contributed by atoms with van der Waals surface area (Å²) >= 11 is 5.65. The Hall–Kier alpha value is -0.940. The summed E-state index contributed by atoms with van der Waals surface area (Å²) in [5, 5.41) is 0.475. The van der Waals surface area contributed by atoms with Crippen LogP contribution in [0.5, 0.6) is 0 Å². The molecule has 0 aromatic carbocycles. The van der Waals surface area contributed by atoms with Crippen molar-refractivity contribution in [2.24, 2.45) is 5.73 Å². The minimum absolute atomic E-state index is 0.303. The minimum atomic E-state index is -2.41. The molecular weight excluding hydrogens is 224 g/mol. The highest BCUT2D eigenvalue weighted by Gasteiger charge is 2.12. The van der Waals surface area contributed by atoms with Gasteiger partial charge in [0.1, 0.15) is 5.82 Å². The summed E-state index contributed by atoms with van der Waals surface area (Å²) in [5.74, 6) is 0.463. The number of anilines is 1. The highest BCUT2D eigenvalue weighted by atomic mass is 35.5. The van der Waals surface area contributed by atoms with Crippen LogP contribution in [0.3, 0.4) is 0 Å². The number of nitrogens with zero attached hydrogens (tertiary/aromatic N) is 2. The Bertz CT molecular complexity index is 292. The molecule has 15 heavy (non-hydrogen) atoms. The standard InChI is InChI=1S/C9H12ClF2N3/c10-7-1-2-9(14-5-7)15(4-3-13)6-8(11)12/h1-2,5,8H,3-4,6,13H2. The van der Waals surface area contributed by atoms with E-state index in [1.807, 2.05) is 0 Å². The summed E-state index contributed by atoms with van der Waals surface area (Å²) in [7, 11) is 0. The third kappa shape index (κ3) is 3.97. The molecule has 0 radical (unpaired) electrons. The van der Waals surface area contributed by atoms with Crippen LogP contribution in [0.2, 0.25) is 5.02 Å². The number of alkyl halides is 2. The summed E-state index contributed by atoms with van der Waals surface area (Å²) in [4.78, 5) is 5.39. The summed E-state index contributed by atoms with van der Waals surface area (Å²) in [6.07, 6.45) is -0.986. The maximum absolute atomic E-state index is 12.2. The lowest BCUT2D eigenvalue weighted by atomic mass is 10.4. The van der Waals surface area contributed by atoms with Gasteiger partial charge in [0.05, 0.1) is 11.6 Å². The van der Waals surface area contributed by atoms with Crippen LogP contribution in [0.1, 0.15) is 0 Å². The van der Waals surface area contributed by atoms with Gasteiger partial charge >= 0.3 is 0 Å². The van der Waals surface area contributed by atoms with E-state index >= 15 is 0 Å². The molecule has 0 bridgehead atoms. The molecule has 1 rings (SSSR count). The lowest BCUT2D eigenvalue weighted by Crippen LogP contribution is -2.34. The zero-order valence-electron chi connectivity index (χ0n) is 8.04. The van der Waals surface area contributed by atoms with Gasteiger partial charge in [0, 0.05) is 19.3 Å². The molecule has 1 heterocycles. The fraction of sp³-hybridized carbons (Fsp3) is 0.444. The molecule has 6 heteroatoms. The minimum Gasteiger partial charge on any atom is -0.350 e. The molecule has 2 N–H and O–H groups in total. The first-order valence-electron chi connectivity index (χ1n) is 4.48. The van der Waals surface area contributed by atoms with Gasteiger partial charge in [-0.15, -0.1) is 0 Å². The molecule has 0 amide bonds. The maximum Gasteiger partial charge on any atom is 0.255 e. The first-order chi connectivity index (χ1) is 7.13. The van der Waals surface area contributed by atoms with Gasteiger partial charge < -0.3 is 10.6 Å². The van der Waals surface area contributed by atoms with Gasteiger partial charge in [0.2, 0.25) is 0 Å². The van der Waals surface area contributed by atoms with Gasteiger partial charge in [-0.1, -0.05) is 11.6 Å². The highest BCUT2D eigenvalue weighted by Crippen LogP contribution is 2.14. The van der Waals surface area contributed by atoms with Crippen LogP contribution in [-0.4, -0.2) is 31.0 Å². The van der Waals surface area contributed by atoms with Crippen molar-refractivity contribution in [1.29, 1.82) is 0 Å². The van der Waals surface area contributed by atoms with E-state index in [2.05, 4.69) is 4.98 Å². The van der Waals surface area contributed by atoms with Crippen molar-refractivity contribution in [3.05, 3.63) is 23.4 Å². The van der Waals surface area contributed by atoms with Crippen LogP contribution < -0.4 is 10.6 Å². The first kappa shape index (κ1) is 12.1. The molecule has 0 saturated heterocycles. The van der Waals surface area contributed by atoms with Gasteiger partial charge in [-0.05, 0) is 12.1 Å². The molecule has 3 nitrogen and oxygen atoms in total. The Morgan fingerprint density at radius 2 is 2.20 bits per heavy atom. The molecule has 0 atom stereocenters. The number of halogens is 3. The number of aromatic nitrogens is 1. The Morgan fingerprint density at radius 3 is 2.67 bits per heavy atom. The van der Waals surface area contributed by atoms with E-state index in [4.69, 9.17) is 17.3 Å². The number of pyridine rings is 1. The van der Waals surface area contributed by atoms with Crippen molar-refractivity contribution in [3.8, 4) is 0 Å². The summed E-state index contributed by atoms with van der Waals surface area (Å²) in [6.45, 7) is 0.280. The second kappa shape index (κ2) is 5.82. The number of hydrogen-bond acceptors (Lipinski definition) is 3. The predicted molar refractivity (Wildman–Crippen MR) is 56.5 cm³/mol. The first-order valence-corrected chi connectivity index (χ1v) is 4.86. The van der Waals surface area contributed by atoms with E-state index < -0.39 is 6.43 Å². The smallest absolute Gasteiger partial charge is 0.255 e. The Morgan fingerprint density at radius 1 is 1.47 bits per heavy atom. The molecule has 0 unspecified atom stereocenters. The SMILES string of the molecule is NCCN(CC(F)F)c1ccc(Cl)cn1. The van der Waals surface area contributed by atoms with E-state index in [9.17, 15) is 8.78 Å². The molecule has 0 aliphatic carbocycles. The largest absolute Gasteiger partial charge is 0.350 e. The number of hydrogen-bond donors (Lipinski definition) is 1. The van der Waals surface area contributed by atoms with Crippen LogP contribution in [0.15, 0.2) is 18.3 Å². The average Bonchev–Trinajstić information content (AvgIpc) is 2.17. The van der Waals surface area contributed by atoms with Crippen LogP contribution in [-0.2, 0) is 0 Å². The third-order valence-electron chi connectivity index (χ3n) is 1.79. The fourth-order valence-electron chi connectivity index (χ4n) is 1.18. The maximum atomic E-state index is 12.2. The zero-order valence-corrected chi connectivity index (χ0v) is 8.79. The summed E-state index contributed by atoms with van der Waals surface area (Å²) < 4.78 is 24.5. The van der Waals surface area contributed by atoms with Gasteiger partial charge in [0.15, 0.2) is 0 Å². The second-order valence-electron chi connectivity index (χ2n) is 2.96. The van der Waals surface area contributed by atoms with Crippen molar-refractivity contribution in [1.82, 2.24) is 4.98 Å². The third-order valence-corrected chi connectivity index (χ3v) is 2.02. The van der Waals surface area contributed by atoms with Crippen molar-refractivity contribution >= 4 is 17.4 Å². The van der Waals surface area contributed by atoms with E-state index in [1.165, 1.54) is 11.1 Å². The molecule has 0 aliphatic rings. The number of nitrogens with two attached hydrogens (primary N) is 1. The quantitative estimate of drug-likeness (QED) is 0.846. The molecule has 84 valence electrons. The van der Waals surface area contributed by atoms with Gasteiger partial charge in [-0.25, -0.2) is 13.8 Å². The lowest BCUT2D eigenvalue weighted by Gasteiger charge is -2.22. The van der Waals surface area contributed by atoms with Crippen LogP contribution in [0.25, 0.3) is 0 Å². The van der Waals surface area contributed by atoms with E-state index in [0.717, 1.165) is 0 Å².